The summed E-state index contributed by atoms with van der Waals surface area (Å²) in [5.74, 6) is 0.267. The summed E-state index contributed by atoms with van der Waals surface area (Å²) in [5.41, 5.74) is 6.78. The Kier molecular flexibility index (Phi) is 6.69. The molecule has 2 atom stereocenters. The maximum absolute atomic E-state index is 12.6. The summed E-state index contributed by atoms with van der Waals surface area (Å²) in [6.07, 6.45) is 6.14. The smallest absolute Gasteiger partial charge is 0.229 e. The fraction of sp³-hybridized carbons (Fsp3) is 0.152. The molecule has 1 saturated carbocycles. The van der Waals surface area contributed by atoms with Crippen molar-refractivity contribution in [3.8, 4) is 11.1 Å². The van der Waals surface area contributed by atoms with E-state index in [1.54, 1.807) is 12.4 Å². The molecular formula is C33H28N4O2. The third-order valence-corrected chi connectivity index (χ3v) is 7.24. The van der Waals surface area contributed by atoms with Gasteiger partial charge in [-0.15, -0.1) is 0 Å². The largest absolute Gasteiger partial charge is 0.396 e. The maximum Gasteiger partial charge on any atom is 0.229 e. The van der Waals surface area contributed by atoms with Gasteiger partial charge in [-0.1, -0.05) is 60.7 Å². The van der Waals surface area contributed by atoms with Gasteiger partial charge in [0.05, 0.1) is 11.4 Å². The standard InChI is InChI=1S/C33H28N4O2/c1-21-12-13-34-18-28(21)24-14-25-17-31(37-33(39)27-15-26(27)20-38)35-19-29(25)30(16-24)36-32(22-8-4-2-5-9-22)23-10-6-3-7-11-23/h2-14,16-19,26-27,38H,15,20H2,1H3,(H,35,37,39). The number of hydrogen-bond donors (Lipinski definition) is 2. The fourth-order valence-electron chi connectivity index (χ4n) is 4.92. The number of rotatable bonds is 7. The number of amides is 1. The highest BCUT2D eigenvalue weighted by Crippen LogP contribution is 2.39. The summed E-state index contributed by atoms with van der Waals surface area (Å²) in [4.78, 5) is 26.8. The van der Waals surface area contributed by atoms with E-state index in [1.807, 2.05) is 54.7 Å². The van der Waals surface area contributed by atoms with E-state index in [1.165, 1.54) is 0 Å². The molecule has 2 unspecified atom stereocenters. The van der Waals surface area contributed by atoms with Gasteiger partial charge in [-0.3, -0.25) is 9.78 Å². The van der Waals surface area contributed by atoms with Gasteiger partial charge in [0.25, 0.3) is 0 Å². The number of pyridine rings is 2. The Labute approximate surface area is 227 Å². The van der Waals surface area contributed by atoms with E-state index in [-0.39, 0.29) is 24.3 Å². The van der Waals surface area contributed by atoms with Crippen molar-refractivity contribution in [2.45, 2.75) is 13.3 Å². The lowest BCUT2D eigenvalue weighted by Crippen LogP contribution is -2.16. The van der Waals surface area contributed by atoms with Crippen LogP contribution in [0.3, 0.4) is 0 Å². The minimum absolute atomic E-state index is 0.0313. The topological polar surface area (TPSA) is 87.5 Å². The van der Waals surface area contributed by atoms with Crippen molar-refractivity contribution in [3.63, 3.8) is 0 Å². The number of aryl methyl sites for hydroxylation is 1. The normalized spacial score (nSPS) is 16.1. The van der Waals surface area contributed by atoms with Crippen molar-refractivity contribution in [3.05, 3.63) is 120 Å². The molecule has 0 bridgehead atoms. The van der Waals surface area contributed by atoms with Crippen LogP contribution >= 0.6 is 0 Å². The van der Waals surface area contributed by atoms with Crippen LogP contribution in [0.1, 0.15) is 23.1 Å². The molecule has 2 N–H and O–H groups in total. The van der Waals surface area contributed by atoms with Crippen LogP contribution in [-0.4, -0.2) is 33.3 Å². The van der Waals surface area contributed by atoms with Crippen LogP contribution < -0.4 is 5.32 Å². The Morgan fingerprint density at radius 1 is 0.974 bits per heavy atom. The number of nitrogens with one attached hydrogen (secondary N) is 1. The van der Waals surface area contributed by atoms with E-state index < -0.39 is 0 Å². The monoisotopic (exact) mass is 512 g/mol. The first kappa shape index (κ1) is 24.6. The van der Waals surface area contributed by atoms with E-state index in [0.717, 1.165) is 50.0 Å². The number of fused-ring (bicyclic) bond motifs is 1. The number of aliphatic hydroxyl groups excluding tert-OH is 1. The lowest BCUT2D eigenvalue weighted by atomic mass is 9.98. The quantitative estimate of drug-likeness (QED) is 0.249. The van der Waals surface area contributed by atoms with Crippen LogP contribution in [0, 0.1) is 18.8 Å². The fourth-order valence-corrected chi connectivity index (χ4v) is 4.92. The van der Waals surface area contributed by atoms with Gasteiger partial charge in [0.2, 0.25) is 5.91 Å². The van der Waals surface area contributed by atoms with Crippen molar-refractivity contribution < 1.29 is 9.90 Å². The van der Waals surface area contributed by atoms with E-state index in [0.29, 0.717) is 12.2 Å². The molecule has 0 spiro atoms. The number of benzene rings is 3. The molecule has 39 heavy (non-hydrogen) atoms. The summed E-state index contributed by atoms with van der Waals surface area (Å²) in [6.45, 7) is 2.10. The predicted molar refractivity (Wildman–Crippen MR) is 155 cm³/mol. The summed E-state index contributed by atoms with van der Waals surface area (Å²) in [6, 6.07) is 28.3. The van der Waals surface area contributed by atoms with Gasteiger partial charge in [-0.2, -0.15) is 0 Å². The van der Waals surface area contributed by atoms with E-state index >= 15 is 0 Å². The minimum atomic E-state index is -0.156. The van der Waals surface area contributed by atoms with Crippen LogP contribution in [0.15, 0.2) is 109 Å². The Morgan fingerprint density at radius 3 is 2.33 bits per heavy atom. The molecule has 1 aliphatic carbocycles. The summed E-state index contributed by atoms with van der Waals surface area (Å²) in [7, 11) is 0. The summed E-state index contributed by atoms with van der Waals surface area (Å²) >= 11 is 0. The SMILES string of the molecule is Cc1ccncc1-c1cc(N=C(c2ccccc2)c2ccccc2)c2cnc(NC(=O)C3CC3CO)cc2c1. The first-order valence-corrected chi connectivity index (χ1v) is 13.1. The third-order valence-electron chi connectivity index (χ3n) is 7.24. The average molecular weight is 513 g/mol. The van der Waals surface area contributed by atoms with Crippen molar-refractivity contribution in [2.75, 3.05) is 11.9 Å². The first-order chi connectivity index (χ1) is 19.1. The van der Waals surface area contributed by atoms with Crippen molar-refractivity contribution in [1.82, 2.24) is 9.97 Å². The van der Waals surface area contributed by atoms with Crippen molar-refractivity contribution in [2.24, 2.45) is 16.8 Å². The number of anilines is 1. The number of aliphatic hydroxyl groups is 1. The Hall–Kier alpha value is -4.68. The zero-order valence-electron chi connectivity index (χ0n) is 21.6. The highest BCUT2D eigenvalue weighted by atomic mass is 16.3. The van der Waals surface area contributed by atoms with E-state index in [2.05, 4.69) is 58.6 Å². The zero-order chi connectivity index (χ0) is 26.8. The Bertz CT molecular complexity index is 1640. The second kappa shape index (κ2) is 10.6. The van der Waals surface area contributed by atoms with Gasteiger partial charge < -0.3 is 10.4 Å². The van der Waals surface area contributed by atoms with Gasteiger partial charge in [0, 0.05) is 53.2 Å². The summed E-state index contributed by atoms with van der Waals surface area (Å²) in [5, 5.41) is 14.1. The molecule has 6 rings (SSSR count). The first-order valence-electron chi connectivity index (χ1n) is 13.1. The maximum atomic E-state index is 12.6. The van der Waals surface area contributed by atoms with Gasteiger partial charge in [0.1, 0.15) is 5.82 Å². The Morgan fingerprint density at radius 2 is 1.69 bits per heavy atom. The Balaban J connectivity index is 1.51. The van der Waals surface area contributed by atoms with Crippen LogP contribution in [0.25, 0.3) is 21.9 Å². The number of aromatic nitrogens is 2. The molecule has 1 fully saturated rings. The van der Waals surface area contributed by atoms with Crippen LogP contribution in [0.2, 0.25) is 0 Å². The number of carbonyl (C=O) groups excluding carboxylic acids is 1. The molecule has 0 aliphatic heterocycles. The highest BCUT2D eigenvalue weighted by molar-refractivity contribution is 6.15. The van der Waals surface area contributed by atoms with E-state index in [4.69, 9.17) is 4.99 Å². The third kappa shape index (κ3) is 5.19. The predicted octanol–water partition coefficient (Wildman–Crippen LogP) is 6.34. The molecule has 1 aliphatic rings. The van der Waals surface area contributed by atoms with Gasteiger partial charge >= 0.3 is 0 Å². The van der Waals surface area contributed by atoms with Crippen LogP contribution in [-0.2, 0) is 4.79 Å². The van der Waals surface area contributed by atoms with Gasteiger partial charge in [-0.25, -0.2) is 9.98 Å². The lowest BCUT2D eigenvalue weighted by molar-refractivity contribution is -0.117. The molecule has 5 aromatic rings. The van der Waals surface area contributed by atoms with E-state index in [9.17, 15) is 9.90 Å². The molecule has 6 heteroatoms. The minimum Gasteiger partial charge on any atom is -0.396 e. The second-order valence-electron chi connectivity index (χ2n) is 9.94. The molecule has 192 valence electrons. The zero-order valence-corrected chi connectivity index (χ0v) is 21.6. The molecule has 6 nitrogen and oxygen atoms in total. The molecule has 2 aromatic heterocycles. The van der Waals surface area contributed by atoms with Crippen LogP contribution in [0.4, 0.5) is 11.5 Å². The molecule has 0 saturated heterocycles. The molecule has 1 amide bonds. The highest BCUT2D eigenvalue weighted by Gasteiger charge is 2.42. The van der Waals surface area contributed by atoms with Crippen molar-refractivity contribution in [1.29, 1.82) is 0 Å². The number of hydrogen-bond acceptors (Lipinski definition) is 5. The number of aliphatic imine (C=N–C) groups is 1. The van der Waals surface area contributed by atoms with Crippen LogP contribution in [0.5, 0.6) is 0 Å². The second-order valence-corrected chi connectivity index (χ2v) is 9.94. The molecule has 2 heterocycles. The molecular weight excluding hydrogens is 484 g/mol. The van der Waals surface area contributed by atoms with Crippen molar-refractivity contribution >= 4 is 33.9 Å². The van der Waals surface area contributed by atoms with Gasteiger partial charge in [-0.05, 0) is 60.0 Å². The average Bonchev–Trinajstić information content (AvgIpc) is 3.77. The molecule has 0 radical (unpaired) electrons. The summed E-state index contributed by atoms with van der Waals surface area (Å²) < 4.78 is 0. The lowest BCUT2D eigenvalue weighted by Gasteiger charge is -2.13. The van der Waals surface area contributed by atoms with Gasteiger partial charge in [0.15, 0.2) is 0 Å². The number of nitrogens with zero attached hydrogens (tertiary/aromatic N) is 3. The molecule has 3 aromatic carbocycles. The number of carbonyl (C=O) groups is 1.